The van der Waals surface area contributed by atoms with Crippen LogP contribution in [0.5, 0.6) is 0 Å². The molecule has 0 bridgehead atoms. The lowest BCUT2D eigenvalue weighted by Crippen LogP contribution is -2.28. The number of carbonyl (C=O) groups excluding carboxylic acids is 1. The first-order valence-corrected chi connectivity index (χ1v) is 7.87. The van der Waals surface area contributed by atoms with Crippen molar-refractivity contribution in [2.75, 3.05) is 18.1 Å². The van der Waals surface area contributed by atoms with Gasteiger partial charge in [0.2, 0.25) is 0 Å². The van der Waals surface area contributed by atoms with Gasteiger partial charge in [0.25, 0.3) is 0 Å². The summed E-state index contributed by atoms with van der Waals surface area (Å²) >= 11 is 5.93. The van der Waals surface area contributed by atoms with E-state index < -0.39 is 15.9 Å². The lowest BCUT2D eigenvalue weighted by Gasteiger charge is -2.09. The third kappa shape index (κ3) is 5.76. The van der Waals surface area contributed by atoms with Gasteiger partial charge in [-0.2, -0.15) is 0 Å². The van der Waals surface area contributed by atoms with E-state index in [-0.39, 0.29) is 5.75 Å². The number of benzene rings is 1. The van der Waals surface area contributed by atoms with Gasteiger partial charge in [0.15, 0.2) is 9.84 Å². The van der Waals surface area contributed by atoms with Crippen LogP contribution in [0.1, 0.15) is 5.56 Å². The van der Waals surface area contributed by atoms with Crippen LogP contribution in [0.4, 0.5) is 10.5 Å². The number of carbonyl (C=O) groups is 1. The molecule has 0 heterocycles. The molecule has 1 aromatic carbocycles. The van der Waals surface area contributed by atoms with Crippen molar-refractivity contribution in [3.8, 4) is 0 Å². The van der Waals surface area contributed by atoms with Crippen LogP contribution < -0.4 is 10.6 Å². The summed E-state index contributed by atoms with van der Waals surface area (Å²) in [6, 6.07) is 4.26. The zero-order chi connectivity index (χ0) is 14.5. The maximum Gasteiger partial charge on any atom is 0.319 e. The van der Waals surface area contributed by atoms with Gasteiger partial charge in [0.1, 0.15) is 0 Å². The van der Waals surface area contributed by atoms with Crippen LogP contribution in [0, 0.1) is 0 Å². The average molecular weight is 303 g/mol. The Bertz CT molecular complexity index is 585. The first-order valence-electron chi connectivity index (χ1n) is 5.44. The van der Waals surface area contributed by atoms with Crippen LogP contribution in [-0.4, -0.2) is 27.2 Å². The highest BCUT2D eigenvalue weighted by Crippen LogP contribution is 2.23. The highest BCUT2D eigenvalue weighted by molar-refractivity contribution is 7.89. The molecule has 104 valence electrons. The van der Waals surface area contributed by atoms with Crippen molar-refractivity contribution in [1.82, 2.24) is 5.32 Å². The third-order valence-electron chi connectivity index (χ3n) is 2.11. The van der Waals surface area contributed by atoms with Crippen molar-refractivity contribution >= 4 is 33.2 Å². The molecule has 7 heteroatoms. The summed E-state index contributed by atoms with van der Waals surface area (Å²) in [4.78, 5) is 11.5. The number of hydrogen-bond acceptors (Lipinski definition) is 3. The summed E-state index contributed by atoms with van der Waals surface area (Å²) in [6.07, 6.45) is 2.69. The second kappa shape index (κ2) is 6.58. The minimum Gasteiger partial charge on any atom is -0.334 e. The van der Waals surface area contributed by atoms with E-state index in [0.29, 0.717) is 22.8 Å². The van der Waals surface area contributed by atoms with E-state index in [2.05, 4.69) is 17.2 Å². The highest BCUT2D eigenvalue weighted by Gasteiger charge is 2.09. The summed E-state index contributed by atoms with van der Waals surface area (Å²) in [5.74, 6) is -0.104. The maximum atomic E-state index is 11.5. The largest absolute Gasteiger partial charge is 0.334 e. The molecule has 0 aliphatic heterocycles. The number of anilines is 1. The summed E-state index contributed by atoms with van der Waals surface area (Å²) in [6.45, 7) is 3.80. The molecular weight excluding hydrogens is 288 g/mol. The van der Waals surface area contributed by atoms with Gasteiger partial charge in [-0.3, -0.25) is 0 Å². The molecule has 0 fully saturated rings. The monoisotopic (exact) mass is 302 g/mol. The van der Waals surface area contributed by atoms with Gasteiger partial charge in [0.05, 0.1) is 16.5 Å². The number of urea groups is 1. The minimum absolute atomic E-state index is 0.104. The molecule has 1 aromatic rings. The topological polar surface area (TPSA) is 75.3 Å². The highest BCUT2D eigenvalue weighted by atomic mass is 35.5. The Balaban J connectivity index is 2.85. The normalized spacial score (nSPS) is 10.8. The Hall–Kier alpha value is -1.53. The zero-order valence-corrected chi connectivity index (χ0v) is 12.0. The number of halogens is 1. The fourth-order valence-corrected chi connectivity index (χ4v) is 2.34. The SMILES string of the molecule is C=CCNC(=O)Nc1cc(CS(C)(=O)=O)ccc1Cl. The van der Waals surface area contributed by atoms with Crippen LogP contribution in [0.25, 0.3) is 0 Å². The van der Waals surface area contributed by atoms with Crippen molar-refractivity contribution in [1.29, 1.82) is 0 Å². The smallest absolute Gasteiger partial charge is 0.319 e. The molecule has 2 N–H and O–H groups in total. The first-order chi connectivity index (χ1) is 8.81. The third-order valence-corrected chi connectivity index (χ3v) is 3.30. The van der Waals surface area contributed by atoms with E-state index in [9.17, 15) is 13.2 Å². The van der Waals surface area contributed by atoms with E-state index in [4.69, 9.17) is 11.6 Å². The number of nitrogens with one attached hydrogen (secondary N) is 2. The Labute approximate surface area is 117 Å². The van der Waals surface area contributed by atoms with Gasteiger partial charge in [-0.1, -0.05) is 23.7 Å². The van der Waals surface area contributed by atoms with Crippen molar-refractivity contribution in [3.63, 3.8) is 0 Å². The van der Waals surface area contributed by atoms with E-state index >= 15 is 0 Å². The van der Waals surface area contributed by atoms with Crippen LogP contribution in [0.2, 0.25) is 5.02 Å². The molecule has 0 radical (unpaired) electrons. The predicted molar refractivity (Wildman–Crippen MR) is 77.2 cm³/mol. The lowest BCUT2D eigenvalue weighted by atomic mass is 10.2. The van der Waals surface area contributed by atoms with Crippen molar-refractivity contribution < 1.29 is 13.2 Å². The lowest BCUT2D eigenvalue weighted by molar-refractivity contribution is 0.253. The summed E-state index contributed by atoms with van der Waals surface area (Å²) < 4.78 is 22.4. The number of amides is 2. The summed E-state index contributed by atoms with van der Waals surface area (Å²) in [7, 11) is -3.13. The summed E-state index contributed by atoms with van der Waals surface area (Å²) in [5, 5.41) is 5.42. The standard InChI is InChI=1S/C12H15ClN2O3S/c1-3-6-14-12(16)15-11-7-9(4-5-10(11)13)8-19(2,17)18/h3-5,7H,1,6,8H2,2H3,(H2,14,15,16). The number of sulfone groups is 1. The Morgan fingerprint density at radius 3 is 2.74 bits per heavy atom. The second-order valence-corrected chi connectivity index (χ2v) is 6.56. The molecule has 0 saturated heterocycles. The minimum atomic E-state index is -3.13. The molecule has 0 aromatic heterocycles. The van der Waals surface area contributed by atoms with Gasteiger partial charge in [0, 0.05) is 12.8 Å². The fraction of sp³-hybridized carbons (Fsp3) is 0.250. The molecule has 1 rings (SSSR count). The molecule has 0 aliphatic rings. The van der Waals surface area contributed by atoms with Gasteiger partial charge in [-0.15, -0.1) is 6.58 Å². The average Bonchev–Trinajstić information content (AvgIpc) is 2.29. The van der Waals surface area contributed by atoms with Gasteiger partial charge in [-0.25, -0.2) is 13.2 Å². The Morgan fingerprint density at radius 2 is 2.16 bits per heavy atom. The number of rotatable bonds is 5. The molecular formula is C12H15ClN2O3S. The Morgan fingerprint density at radius 1 is 1.47 bits per heavy atom. The molecule has 5 nitrogen and oxygen atoms in total. The number of hydrogen-bond donors (Lipinski definition) is 2. The molecule has 0 unspecified atom stereocenters. The van der Waals surface area contributed by atoms with E-state index in [1.54, 1.807) is 18.2 Å². The fourth-order valence-electron chi connectivity index (χ4n) is 1.39. The van der Waals surface area contributed by atoms with Gasteiger partial charge < -0.3 is 10.6 Å². The van der Waals surface area contributed by atoms with Crippen LogP contribution in [0.3, 0.4) is 0 Å². The molecule has 0 atom stereocenters. The maximum absolute atomic E-state index is 11.5. The molecule has 0 saturated carbocycles. The second-order valence-electron chi connectivity index (χ2n) is 4.01. The van der Waals surface area contributed by atoms with Crippen LogP contribution in [-0.2, 0) is 15.6 Å². The van der Waals surface area contributed by atoms with E-state index in [1.165, 1.54) is 6.07 Å². The Kier molecular flexibility index (Phi) is 5.38. The summed E-state index contributed by atoms with van der Waals surface area (Å²) in [5.41, 5.74) is 0.926. The van der Waals surface area contributed by atoms with Crippen LogP contribution in [0.15, 0.2) is 30.9 Å². The molecule has 0 aliphatic carbocycles. The molecule has 19 heavy (non-hydrogen) atoms. The van der Waals surface area contributed by atoms with Crippen LogP contribution >= 0.6 is 11.6 Å². The van der Waals surface area contributed by atoms with Crippen molar-refractivity contribution in [2.45, 2.75) is 5.75 Å². The first kappa shape index (κ1) is 15.5. The van der Waals surface area contributed by atoms with Crippen molar-refractivity contribution in [3.05, 3.63) is 41.4 Å². The van der Waals surface area contributed by atoms with Gasteiger partial charge in [-0.05, 0) is 17.7 Å². The quantitative estimate of drug-likeness (QED) is 0.819. The van der Waals surface area contributed by atoms with Gasteiger partial charge >= 0.3 is 6.03 Å². The van der Waals surface area contributed by atoms with E-state index in [1.807, 2.05) is 0 Å². The predicted octanol–water partition coefficient (Wildman–Crippen LogP) is 2.19. The van der Waals surface area contributed by atoms with E-state index in [0.717, 1.165) is 6.26 Å². The molecule has 2 amide bonds. The van der Waals surface area contributed by atoms with Crippen molar-refractivity contribution in [2.24, 2.45) is 0 Å². The molecule has 0 spiro atoms. The zero-order valence-electron chi connectivity index (χ0n) is 10.4.